The molecular formula is C33H24Cl4O2. The molecule has 39 heavy (non-hydrogen) atoms. The molecule has 0 saturated carbocycles. The van der Waals surface area contributed by atoms with Gasteiger partial charge < -0.3 is 4.74 Å². The van der Waals surface area contributed by atoms with E-state index in [4.69, 9.17) is 51.1 Å². The van der Waals surface area contributed by atoms with Crippen LogP contribution in [0.2, 0.25) is 20.1 Å². The van der Waals surface area contributed by atoms with Gasteiger partial charge >= 0.3 is 0 Å². The van der Waals surface area contributed by atoms with E-state index in [1.54, 1.807) is 6.92 Å². The van der Waals surface area contributed by atoms with Crippen molar-refractivity contribution in [2.75, 3.05) is 0 Å². The molecule has 1 atom stereocenters. The summed E-state index contributed by atoms with van der Waals surface area (Å²) in [5.41, 5.74) is 4.06. The molecular weight excluding hydrogens is 570 g/mol. The van der Waals surface area contributed by atoms with Gasteiger partial charge in [0.15, 0.2) is 11.4 Å². The van der Waals surface area contributed by atoms with E-state index in [9.17, 15) is 4.79 Å². The zero-order valence-corrected chi connectivity index (χ0v) is 24.2. The SMILES string of the molecule is CC(=O)C1=C(C)OC(c2ccc(Cl)cc2)(c2ccc(Cl)cc2)C1C=C(c1ccc(Cl)cc1)c1ccc(Cl)cc1. The zero-order chi connectivity index (χ0) is 27.7. The molecule has 196 valence electrons. The van der Waals surface area contributed by atoms with Gasteiger partial charge in [0.2, 0.25) is 0 Å². The number of Topliss-reactive ketones (excluding diaryl/α,β-unsaturated/α-hetero) is 1. The fourth-order valence-corrected chi connectivity index (χ4v) is 5.78. The Hall–Kier alpha value is -3.01. The monoisotopic (exact) mass is 592 g/mol. The molecule has 1 heterocycles. The van der Waals surface area contributed by atoms with Gasteiger partial charge in [0.05, 0.1) is 5.92 Å². The van der Waals surface area contributed by atoms with Gasteiger partial charge in [-0.3, -0.25) is 4.79 Å². The summed E-state index contributed by atoms with van der Waals surface area (Å²) in [5.74, 6) is 0.0176. The first kappa shape index (κ1) is 27.6. The summed E-state index contributed by atoms with van der Waals surface area (Å²) in [6, 6.07) is 30.4. The van der Waals surface area contributed by atoms with Crippen molar-refractivity contribution in [3.63, 3.8) is 0 Å². The van der Waals surface area contributed by atoms with Gasteiger partial charge in [-0.25, -0.2) is 0 Å². The molecule has 0 saturated heterocycles. The van der Waals surface area contributed by atoms with Crippen LogP contribution in [0.5, 0.6) is 0 Å². The predicted molar refractivity (Wildman–Crippen MR) is 162 cm³/mol. The summed E-state index contributed by atoms with van der Waals surface area (Å²) < 4.78 is 6.78. The Bertz CT molecular complexity index is 1470. The molecule has 1 aliphatic heterocycles. The minimum absolute atomic E-state index is 0.0647. The standard InChI is InChI=1S/C33H24Cl4O2/c1-20(38)32-21(2)39-33(24-7-15-28(36)16-8-24,25-9-17-29(37)18-10-25)31(32)19-30(22-3-11-26(34)12-4-22)23-5-13-27(35)14-6-23/h3-19,31H,1-2H3. The van der Waals surface area contributed by atoms with Crippen LogP contribution in [0.4, 0.5) is 0 Å². The topological polar surface area (TPSA) is 26.3 Å². The molecule has 0 amide bonds. The van der Waals surface area contributed by atoms with Crippen molar-refractivity contribution >= 4 is 57.8 Å². The minimum Gasteiger partial charge on any atom is -0.481 e. The first-order valence-electron chi connectivity index (χ1n) is 12.4. The number of allylic oxidation sites excluding steroid dienone is 1. The zero-order valence-electron chi connectivity index (χ0n) is 21.2. The molecule has 5 rings (SSSR count). The molecule has 4 aromatic rings. The van der Waals surface area contributed by atoms with Crippen LogP contribution in [0, 0.1) is 5.92 Å². The molecule has 6 heteroatoms. The van der Waals surface area contributed by atoms with E-state index < -0.39 is 11.5 Å². The number of carbonyl (C=O) groups excluding carboxylic acids is 1. The lowest BCUT2D eigenvalue weighted by Crippen LogP contribution is -2.36. The highest BCUT2D eigenvalue weighted by molar-refractivity contribution is 6.31. The number of ketones is 1. The lowest BCUT2D eigenvalue weighted by Gasteiger charge is -2.36. The number of carbonyl (C=O) groups is 1. The number of rotatable bonds is 6. The van der Waals surface area contributed by atoms with Gasteiger partial charge in [0.1, 0.15) is 5.76 Å². The summed E-state index contributed by atoms with van der Waals surface area (Å²) in [7, 11) is 0. The Kier molecular flexibility index (Phi) is 7.94. The molecule has 0 aromatic heterocycles. The molecule has 0 aliphatic carbocycles. The lowest BCUT2D eigenvalue weighted by molar-refractivity contribution is -0.114. The Morgan fingerprint density at radius 2 is 1.03 bits per heavy atom. The molecule has 1 unspecified atom stereocenters. The summed E-state index contributed by atoms with van der Waals surface area (Å²) in [6.45, 7) is 3.42. The maximum Gasteiger partial charge on any atom is 0.169 e. The van der Waals surface area contributed by atoms with Crippen molar-refractivity contribution in [1.29, 1.82) is 0 Å². The molecule has 4 aromatic carbocycles. The smallest absolute Gasteiger partial charge is 0.169 e. The van der Waals surface area contributed by atoms with Gasteiger partial charge in [-0.15, -0.1) is 0 Å². The minimum atomic E-state index is -1.05. The number of halogens is 4. The van der Waals surface area contributed by atoms with Crippen molar-refractivity contribution in [1.82, 2.24) is 0 Å². The molecule has 0 radical (unpaired) electrons. The van der Waals surface area contributed by atoms with Gasteiger partial charge in [-0.05, 0) is 79.1 Å². The number of hydrogen-bond acceptors (Lipinski definition) is 2. The second-order valence-corrected chi connectivity index (χ2v) is 11.2. The lowest BCUT2D eigenvalue weighted by atomic mass is 9.72. The van der Waals surface area contributed by atoms with Crippen LogP contribution in [-0.4, -0.2) is 5.78 Å². The van der Waals surface area contributed by atoms with Crippen molar-refractivity contribution in [2.45, 2.75) is 19.4 Å². The van der Waals surface area contributed by atoms with Gasteiger partial charge in [-0.2, -0.15) is 0 Å². The van der Waals surface area contributed by atoms with Crippen LogP contribution in [0.25, 0.3) is 5.57 Å². The maximum absolute atomic E-state index is 13.2. The van der Waals surface area contributed by atoms with E-state index in [1.807, 2.05) is 104 Å². The average molecular weight is 594 g/mol. The van der Waals surface area contributed by atoms with Crippen LogP contribution >= 0.6 is 46.4 Å². The fourth-order valence-electron chi connectivity index (χ4n) is 5.27. The Morgan fingerprint density at radius 1 is 0.667 bits per heavy atom. The van der Waals surface area contributed by atoms with E-state index in [1.165, 1.54) is 0 Å². The summed E-state index contributed by atoms with van der Waals surface area (Å²) in [6.07, 6.45) is 2.11. The summed E-state index contributed by atoms with van der Waals surface area (Å²) in [5, 5.41) is 2.48. The highest BCUT2D eigenvalue weighted by Gasteiger charge is 2.52. The number of hydrogen-bond donors (Lipinski definition) is 0. The second kappa shape index (κ2) is 11.2. The normalized spacial score (nSPS) is 16.1. The van der Waals surface area contributed by atoms with E-state index >= 15 is 0 Å². The van der Waals surface area contributed by atoms with Gasteiger partial charge in [0.25, 0.3) is 0 Å². The van der Waals surface area contributed by atoms with Crippen LogP contribution in [0.1, 0.15) is 36.1 Å². The van der Waals surface area contributed by atoms with Crippen LogP contribution in [0.3, 0.4) is 0 Å². The average Bonchev–Trinajstić information content (AvgIpc) is 3.22. The van der Waals surface area contributed by atoms with Crippen LogP contribution in [-0.2, 0) is 15.1 Å². The maximum atomic E-state index is 13.2. The third-order valence-electron chi connectivity index (χ3n) is 7.01. The molecule has 0 N–H and O–H groups in total. The third kappa shape index (κ3) is 5.40. The van der Waals surface area contributed by atoms with E-state index in [0.29, 0.717) is 31.4 Å². The summed E-state index contributed by atoms with van der Waals surface area (Å²) >= 11 is 25.1. The van der Waals surface area contributed by atoms with Gasteiger partial charge in [0, 0.05) is 36.8 Å². The van der Waals surface area contributed by atoms with E-state index in [0.717, 1.165) is 27.8 Å². The third-order valence-corrected chi connectivity index (χ3v) is 8.02. The van der Waals surface area contributed by atoms with Crippen molar-refractivity contribution in [2.24, 2.45) is 5.92 Å². The molecule has 1 aliphatic rings. The first-order valence-corrected chi connectivity index (χ1v) is 13.9. The second-order valence-electron chi connectivity index (χ2n) is 9.45. The van der Waals surface area contributed by atoms with Gasteiger partial charge in [-0.1, -0.05) is 101 Å². The quantitative estimate of drug-likeness (QED) is 0.222. The predicted octanol–water partition coefficient (Wildman–Crippen LogP) is 10.2. The number of ether oxygens (including phenoxy) is 1. The van der Waals surface area contributed by atoms with Crippen molar-refractivity contribution in [3.05, 3.63) is 157 Å². The summed E-state index contributed by atoms with van der Waals surface area (Å²) in [4.78, 5) is 13.2. The van der Waals surface area contributed by atoms with Crippen LogP contribution in [0.15, 0.2) is 114 Å². The Morgan fingerprint density at radius 3 is 1.38 bits per heavy atom. The highest BCUT2D eigenvalue weighted by Crippen LogP contribution is 2.53. The molecule has 0 fully saturated rings. The number of benzene rings is 4. The molecule has 0 bridgehead atoms. The van der Waals surface area contributed by atoms with E-state index in [2.05, 4.69) is 6.08 Å². The fraction of sp³-hybridized carbons (Fsp3) is 0.121. The Labute approximate surface area is 248 Å². The van der Waals surface area contributed by atoms with Crippen molar-refractivity contribution in [3.8, 4) is 0 Å². The van der Waals surface area contributed by atoms with Crippen molar-refractivity contribution < 1.29 is 9.53 Å². The largest absolute Gasteiger partial charge is 0.481 e. The Balaban J connectivity index is 1.83. The van der Waals surface area contributed by atoms with Crippen LogP contribution < -0.4 is 0 Å². The highest BCUT2D eigenvalue weighted by atomic mass is 35.5. The molecule has 0 spiro atoms. The molecule has 2 nitrogen and oxygen atoms in total. The van der Waals surface area contributed by atoms with E-state index in [-0.39, 0.29) is 5.78 Å². The first-order chi connectivity index (χ1) is 18.7.